The van der Waals surface area contributed by atoms with Gasteiger partial charge in [0, 0.05) is 11.8 Å². The first-order chi connectivity index (χ1) is 9.54. The van der Waals surface area contributed by atoms with E-state index < -0.39 is 0 Å². The van der Waals surface area contributed by atoms with Crippen LogP contribution in [0.25, 0.3) is 6.08 Å². The van der Waals surface area contributed by atoms with Crippen LogP contribution in [0.5, 0.6) is 0 Å². The van der Waals surface area contributed by atoms with Gasteiger partial charge in [-0.15, -0.1) is 0 Å². The van der Waals surface area contributed by atoms with E-state index in [1.807, 2.05) is 25.1 Å². The topological polar surface area (TPSA) is 68.0 Å². The van der Waals surface area contributed by atoms with Gasteiger partial charge in [-0.05, 0) is 58.3 Å². The lowest BCUT2D eigenvalue weighted by atomic mass is 10.2. The lowest BCUT2D eigenvalue weighted by Gasteiger charge is -2.04. The summed E-state index contributed by atoms with van der Waals surface area (Å²) >= 11 is 3.31. The maximum Gasteiger partial charge on any atom is 0.248 e. The molecule has 0 bridgehead atoms. The van der Waals surface area contributed by atoms with Crippen molar-refractivity contribution in [1.82, 2.24) is 4.98 Å². The lowest BCUT2D eigenvalue weighted by molar-refractivity contribution is -0.111. The Bertz CT molecular complexity index is 651. The van der Waals surface area contributed by atoms with Crippen molar-refractivity contribution < 1.29 is 4.79 Å². The number of anilines is 2. The van der Waals surface area contributed by atoms with Gasteiger partial charge in [0.15, 0.2) is 0 Å². The van der Waals surface area contributed by atoms with Crippen LogP contribution in [0.3, 0.4) is 0 Å². The second kappa shape index (κ2) is 6.34. The summed E-state index contributed by atoms with van der Waals surface area (Å²) < 4.78 is 0.771. The predicted octanol–water partition coefficient (Wildman–Crippen LogP) is 3.39. The summed E-state index contributed by atoms with van der Waals surface area (Å²) in [5.74, 6) is -0.203. The summed E-state index contributed by atoms with van der Waals surface area (Å²) in [6.07, 6.45) is 4.81. The molecule has 0 spiro atoms. The van der Waals surface area contributed by atoms with E-state index in [4.69, 9.17) is 5.73 Å². The Morgan fingerprint density at radius 1 is 1.35 bits per heavy atom. The Labute approximate surface area is 125 Å². The molecule has 2 aromatic rings. The van der Waals surface area contributed by atoms with Crippen LogP contribution in [0.15, 0.2) is 47.2 Å². The normalized spacial score (nSPS) is 10.7. The maximum absolute atomic E-state index is 11.8. The van der Waals surface area contributed by atoms with Crippen LogP contribution in [0, 0.1) is 6.92 Å². The maximum atomic E-state index is 11.8. The van der Waals surface area contributed by atoms with Crippen molar-refractivity contribution in [2.24, 2.45) is 0 Å². The molecule has 0 aliphatic carbocycles. The number of amides is 1. The minimum atomic E-state index is -0.203. The van der Waals surface area contributed by atoms with Gasteiger partial charge in [0.05, 0.1) is 11.9 Å². The average molecular weight is 332 g/mol. The van der Waals surface area contributed by atoms with Gasteiger partial charge in [0.2, 0.25) is 5.91 Å². The number of halogens is 1. The highest BCUT2D eigenvalue weighted by atomic mass is 79.9. The standard InChI is InChI=1S/C15H14BrN3O/c1-10-8-13(9-18-15(10)16)19-14(20)7-4-11-2-5-12(17)6-3-11/h2-9H,17H2,1H3,(H,19,20)/b7-4+. The summed E-state index contributed by atoms with van der Waals surface area (Å²) in [7, 11) is 0. The number of rotatable bonds is 3. The fraction of sp³-hybridized carbons (Fsp3) is 0.0667. The van der Waals surface area contributed by atoms with Gasteiger partial charge in [-0.3, -0.25) is 4.79 Å². The molecule has 0 atom stereocenters. The largest absolute Gasteiger partial charge is 0.399 e. The molecule has 0 fully saturated rings. The molecular formula is C15H14BrN3O. The molecule has 0 aliphatic rings. The molecule has 2 rings (SSSR count). The highest BCUT2D eigenvalue weighted by Gasteiger charge is 2.01. The molecule has 1 heterocycles. The number of pyridine rings is 1. The molecular weight excluding hydrogens is 318 g/mol. The van der Waals surface area contributed by atoms with Gasteiger partial charge in [0.25, 0.3) is 0 Å². The fourth-order valence-corrected chi connectivity index (χ4v) is 1.81. The third-order valence-electron chi connectivity index (χ3n) is 2.65. The molecule has 4 nitrogen and oxygen atoms in total. The quantitative estimate of drug-likeness (QED) is 0.514. The molecule has 102 valence electrons. The highest BCUT2D eigenvalue weighted by molar-refractivity contribution is 9.10. The first-order valence-electron chi connectivity index (χ1n) is 6.01. The van der Waals surface area contributed by atoms with E-state index in [-0.39, 0.29) is 5.91 Å². The number of carbonyl (C=O) groups is 1. The number of aryl methyl sites for hydroxylation is 1. The van der Waals surface area contributed by atoms with Crippen LogP contribution in [-0.2, 0) is 4.79 Å². The van der Waals surface area contributed by atoms with Crippen LogP contribution in [-0.4, -0.2) is 10.9 Å². The molecule has 3 N–H and O–H groups in total. The molecule has 0 aliphatic heterocycles. The third-order valence-corrected chi connectivity index (χ3v) is 3.48. The monoisotopic (exact) mass is 331 g/mol. The predicted molar refractivity (Wildman–Crippen MR) is 85.2 cm³/mol. The van der Waals surface area contributed by atoms with Crippen molar-refractivity contribution in [1.29, 1.82) is 0 Å². The van der Waals surface area contributed by atoms with E-state index in [0.29, 0.717) is 11.4 Å². The fourth-order valence-electron chi connectivity index (χ4n) is 1.59. The molecule has 1 aromatic carbocycles. The van der Waals surface area contributed by atoms with Crippen molar-refractivity contribution in [2.45, 2.75) is 6.92 Å². The summed E-state index contributed by atoms with van der Waals surface area (Å²) in [4.78, 5) is 15.9. The van der Waals surface area contributed by atoms with Crippen LogP contribution >= 0.6 is 15.9 Å². The number of hydrogen-bond acceptors (Lipinski definition) is 3. The van der Waals surface area contributed by atoms with E-state index in [9.17, 15) is 4.79 Å². The van der Waals surface area contributed by atoms with Crippen LogP contribution < -0.4 is 11.1 Å². The molecule has 0 saturated carbocycles. The zero-order valence-corrected chi connectivity index (χ0v) is 12.5. The summed E-state index contributed by atoms with van der Waals surface area (Å²) in [6.45, 7) is 1.91. The number of nitrogen functional groups attached to an aromatic ring is 1. The van der Waals surface area contributed by atoms with E-state index >= 15 is 0 Å². The van der Waals surface area contributed by atoms with Gasteiger partial charge >= 0.3 is 0 Å². The van der Waals surface area contributed by atoms with E-state index in [2.05, 4.69) is 26.2 Å². The zero-order chi connectivity index (χ0) is 14.5. The summed E-state index contributed by atoms with van der Waals surface area (Å²) in [5, 5.41) is 2.76. The molecule has 0 radical (unpaired) electrons. The summed E-state index contributed by atoms with van der Waals surface area (Å²) in [5.41, 5.74) is 8.84. The van der Waals surface area contributed by atoms with Crippen LogP contribution in [0.1, 0.15) is 11.1 Å². The number of nitrogens with zero attached hydrogens (tertiary/aromatic N) is 1. The van der Waals surface area contributed by atoms with Gasteiger partial charge in [-0.25, -0.2) is 4.98 Å². The third kappa shape index (κ3) is 3.93. The second-order valence-electron chi connectivity index (χ2n) is 4.32. The minimum Gasteiger partial charge on any atom is -0.399 e. The Balaban J connectivity index is 2.01. The lowest BCUT2D eigenvalue weighted by Crippen LogP contribution is -2.08. The average Bonchev–Trinajstić information content (AvgIpc) is 2.42. The van der Waals surface area contributed by atoms with Gasteiger partial charge in [0.1, 0.15) is 4.60 Å². The molecule has 0 unspecified atom stereocenters. The molecule has 1 aromatic heterocycles. The van der Waals surface area contributed by atoms with Crippen molar-refractivity contribution in [3.63, 3.8) is 0 Å². The molecule has 5 heteroatoms. The van der Waals surface area contributed by atoms with Gasteiger partial charge in [-0.2, -0.15) is 0 Å². The Hall–Kier alpha value is -2.14. The number of hydrogen-bond donors (Lipinski definition) is 2. The minimum absolute atomic E-state index is 0.203. The van der Waals surface area contributed by atoms with E-state index in [1.165, 1.54) is 6.08 Å². The molecule has 1 amide bonds. The number of benzene rings is 1. The first-order valence-corrected chi connectivity index (χ1v) is 6.80. The first kappa shape index (κ1) is 14.3. The number of carbonyl (C=O) groups excluding carboxylic acids is 1. The van der Waals surface area contributed by atoms with Gasteiger partial charge in [-0.1, -0.05) is 12.1 Å². The zero-order valence-electron chi connectivity index (χ0n) is 10.9. The summed E-state index contributed by atoms with van der Waals surface area (Å²) in [6, 6.07) is 9.14. The van der Waals surface area contributed by atoms with Crippen molar-refractivity contribution in [3.05, 3.63) is 58.3 Å². The Kier molecular flexibility index (Phi) is 4.53. The van der Waals surface area contributed by atoms with E-state index in [0.717, 1.165) is 15.7 Å². The highest BCUT2D eigenvalue weighted by Crippen LogP contribution is 2.16. The number of nitrogens with two attached hydrogens (primary N) is 1. The molecule has 20 heavy (non-hydrogen) atoms. The van der Waals surface area contributed by atoms with Gasteiger partial charge < -0.3 is 11.1 Å². The van der Waals surface area contributed by atoms with Crippen molar-refractivity contribution >= 4 is 39.3 Å². The molecule has 0 saturated heterocycles. The second-order valence-corrected chi connectivity index (χ2v) is 5.07. The van der Waals surface area contributed by atoms with Crippen molar-refractivity contribution in [2.75, 3.05) is 11.1 Å². The van der Waals surface area contributed by atoms with Crippen molar-refractivity contribution in [3.8, 4) is 0 Å². The van der Waals surface area contributed by atoms with Crippen LogP contribution in [0.2, 0.25) is 0 Å². The number of nitrogens with one attached hydrogen (secondary N) is 1. The SMILES string of the molecule is Cc1cc(NC(=O)/C=C/c2ccc(N)cc2)cnc1Br. The Morgan fingerprint density at radius 2 is 2.05 bits per heavy atom. The Morgan fingerprint density at radius 3 is 2.70 bits per heavy atom. The van der Waals surface area contributed by atoms with Crippen LogP contribution in [0.4, 0.5) is 11.4 Å². The smallest absolute Gasteiger partial charge is 0.248 e. The number of aromatic nitrogens is 1. The van der Waals surface area contributed by atoms with E-state index in [1.54, 1.807) is 24.4 Å².